The van der Waals surface area contributed by atoms with E-state index in [0.29, 0.717) is 11.3 Å². The van der Waals surface area contributed by atoms with E-state index in [1.54, 1.807) is 22.8 Å². The summed E-state index contributed by atoms with van der Waals surface area (Å²) in [6.07, 6.45) is -4.39. The Morgan fingerprint density at radius 1 is 0.967 bits per heavy atom. The molecule has 0 saturated carbocycles. The van der Waals surface area contributed by atoms with Crippen molar-refractivity contribution >= 4 is 27.5 Å². The lowest BCUT2D eigenvalue weighted by Crippen LogP contribution is -2.25. The van der Waals surface area contributed by atoms with Gasteiger partial charge >= 0.3 is 6.18 Å². The van der Waals surface area contributed by atoms with Crippen LogP contribution in [0.15, 0.2) is 66.0 Å². The van der Waals surface area contributed by atoms with Crippen molar-refractivity contribution in [2.75, 3.05) is 0 Å². The third-order valence-electron chi connectivity index (χ3n) is 4.74. The summed E-state index contributed by atoms with van der Waals surface area (Å²) in [6, 6.07) is 14.4. The molecule has 8 heteroatoms. The Hall–Kier alpha value is -3.13. The van der Waals surface area contributed by atoms with Crippen molar-refractivity contribution in [2.24, 2.45) is 0 Å². The Bertz CT molecular complexity index is 1170. The standard InChI is InChI=1S/C22H16F4N2OS/c23-17-7-3-14(4-8-17)12-27-21(29)19-11-20-18(9-10-30-20)28(19)13-15-1-5-16(6-2-15)22(24,25)26/h1-11H,12-13H2,(H,27,29). The second kappa shape index (κ2) is 7.95. The van der Waals surface area contributed by atoms with Gasteiger partial charge in [0.15, 0.2) is 0 Å². The van der Waals surface area contributed by atoms with E-state index in [2.05, 4.69) is 5.32 Å². The first-order chi connectivity index (χ1) is 14.3. The summed E-state index contributed by atoms with van der Waals surface area (Å²) in [5, 5.41) is 4.71. The summed E-state index contributed by atoms with van der Waals surface area (Å²) in [7, 11) is 0. The lowest BCUT2D eigenvalue weighted by molar-refractivity contribution is -0.137. The minimum absolute atomic E-state index is 0.234. The highest BCUT2D eigenvalue weighted by Crippen LogP contribution is 2.30. The molecule has 0 spiro atoms. The molecule has 0 radical (unpaired) electrons. The van der Waals surface area contributed by atoms with Crippen LogP contribution in [0.2, 0.25) is 0 Å². The number of carbonyl (C=O) groups excluding carboxylic acids is 1. The molecule has 0 unspecified atom stereocenters. The molecule has 3 nitrogen and oxygen atoms in total. The molecule has 2 aromatic carbocycles. The molecule has 0 aliphatic carbocycles. The molecule has 1 N–H and O–H groups in total. The van der Waals surface area contributed by atoms with Gasteiger partial charge < -0.3 is 9.88 Å². The highest BCUT2D eigenvalue weighted by atomic mass is 32.1. The fourth-order valence-electron chi connectivity index (χ4n) is 3.19. The molecular weight excluding hydrogens is 416 g/mol. The Kier molecular flexibility index (Phi) is 5.34. The van der Waals surface area contributed by atoms with Gasteiger partial charge in [0.2, 0.25) is 0 Å². The molecule has 4 aromatic rings. The number of rotatable bonds is 5. The maximum Gasteiger partial charge on any atom is 0.416 e. The van der Waals surface area contributed by atoms with Gasteiger partial charge in [0.1, 0.15) is 11.5 Å². The van der Waals surface area contributed by atoms with Crippen LogP contribution in [0.1, 0.15) is 27.2 Å². The molecule has 2 aromatic heterocycles. The third kappa shape index (κ3) is 4.23. The fraction of sp³-hybridized carbons (Fsp3) is 0.136. The van der Waals surface area contributed by atoms with Gasteiger partial charge in [-0.3, -0.25) is 4.79 Å². The molecule has 2 heterocycles. The molecule has 1 amide bonds. The van der Waals surface area contributed by atoms with E-state index in [4.69, 9.17) is 0 Å². The third-order valence-corrected chi connectivity index (χ3v) is 5.60. The molecule has 0 saturated heterocycles. The number of thiophene rings is 1. The largest absolute Gasteiger partial charge is 0.416 e. The normalized spacial score (nSPS) is 11.7. The van der Waals surface area contributed by atoms with Crippen molar-refractivity contribution in [1.29, 1.82) is 0 Å². The minimum atomic E-state index is -4.39. The van der Waals surface area contributed by atoms with Gasteiger partial charge in [0.25, 0.3) is 5.91 Å². The van der Waals surface area contributed by atoms with E-state index in [1.165, 1.54) is 35.6 Å². The molecule has 0 bridgehead atoms. The number of hydrogen-bond donors (Lipinski definition) is 1. The maximum atomic E-state index is 13.0. The topological polar surface area (TPSA) is 34.0 Å². The number of nitrogens with zero attached hydrogens (tertiary/aromatic N) is 1. The number of benzene rings is 2. The minimum Gasteiger partial charge on any atom is -0.347 e. The van der Waals surface area contributed by atoms with E-state index in [9.17, 15) is 22.4 Å². The van der Waals surface area contributed by atoms with Gasteiger partial charge in [-0.25, -0.2) is 4.39 Å². The predicted octanol–water partition coefficient (Wildman–Crippen LogP) is 5.84. The van der Waals surface area contributed by atoms with Crippen LogP contribution in [0.3, 0.4) is 0 Å². The average molecular weight is 432 g/mol. The number of nitrogens with one attached hydrogen (secondary N) is 1. The van der Waals surface area contributed by atoms with Crippen molar-refractivity contribution in [1.82, 2.24) is 9.88 Å². The number of aromatic nitrogens is 1. The van der Waals surface area contributed by atoms with Gasteiger partial charge in [0.05, 0.1) is 15.8 Å². The molecule has 0 fully saturated rings. The SMILES string of the molecule is O=C(NCc1ccc(F)cc1)c1cc2sccc2n1Cc1ccc(C(F)(F)F)cc1. The van der Waals surface area contributed by atoms with Crippen molar-refractivity contribution in [3.63, 3.8) is 0 Å². The van der Waals surface area contributed by atoms with Crippen LogP contribution in [0.25, 0.3) is 10.2 Å². The number of fused-ring (bicyclic) bond motifs is 1. The Labute approximate surface area is 173 Å². The molecule has 30 heavy (non-hydrogen) atoms. The number of carbonyl (C=O) groups is 1. The second-order valence-electron chi connectivity index (χ2n) is 6.79. The first-order valence-corrected chi connectivity index (χ1v) is 9.95. The first kappa shape index (κ1) is 20.2. The quantitative estimate of drug-likeness (QED) is 0.395. The molecule has 0 aliphatic rings. The van der Waals surface area contributed by atoms with Gasteiger partial charge in [-0.05, 0) is 52.9 Å². The summed E-state index contributed by atoms with van der Waals surface area (Å²) in [5.41, 5.74) is 1.95. The van der Waals surface area contributed by atoms with Crippen LogP contribution in [0, 0.1) is 5.82 Å². The molecule has 0 aliphatic heterocycles. The molecule has 0 atom stereocenters. The summed E-state index contributed by atoms with van der Waals surface area (Å²) < 4.78 is 54.1. The van der Waals surface area contributed by atoms with Crippen molar-refractivity contribution < 1.29 is 22.4 Å². The number of hydrogen-bond acceptors (Lipinski definition) is 2. The van der Waals surface area contributed by atoms with Crippen molar-refractivity contribution in [3.05, 3.63) is 94.2 Å². The lowest BCUT2D eigenvalue weighted by atomic mass is 10.1. The van der Waals surface area contributed by atoms with Crippen molar-refractivity contribution in [3.8, 4) is 0 Å². The first-order valence-electron chi connectivity index (χ1n) is 9.07. The Balaban J connectivity index is 1.57. The molecule has 154 valence electrons. The van der Waals surface area contributed by atoms with E-state index in [-0.39, 0.29) is 24.8 Å². The summed E-state index contributed by atoms with van der Waals surface area (Å²) in [6.45, 7) is 0.496. The maximum absolute atomic E-state index is 13.0. The summed E-state index contributed by atoms with van der Waals surface area (Å²) >= 11 is 1.48. The Morgan fingerprint density at radius 3 is 2.30 bits per heavy atom. The zero-order chi connectivity index (χ0) is 21.3. The van der Waals surface area contributed by atoms with Crippen molar-refractivity contribution in [2.45, 2.75) is 19.3 Å². The second-order valence-corrected chi connectivity index (χ2v) is 7.74. The summed E-state index contributed by atoms with van der Waals surface area (Å²) in [5.74, 6) is -0.662. The number of alkyl halides is 3. The summed E-state index contributed by atoms with van der Waals surface area (Å²) in [4.78, 5) is 12.8. The van der Waals surface area contributed by atoms with Gasteiger partial charge in [-0.15, -0.1) is 11.3 Å². The zero-order valence-electron chi connectivity index (χ0n) is 15.5. The van der Waals surface area contributed by atoms with Gasteiger partial charge in [-0.2, -0.15) is 13.2 Å². The van der Waals surface area contributed by atoms with Crippen LogP contribution in [0.5, 0.6) is 0 Å². The van der Waals surface area contributed by atoms with Crippen LogP contribution in [-0.2, 0) is 19.3 Å². The number of halogens is 4. The highest BCUT2D eigenvalue weighted by Gasteiger charge is 2.30. The molecular formula is C22H16F4N2OS. The fourth-order valence-corrected chi connectivity index (χ4v) is 4.01. The van der Waals surface area contributed by atoms with E-state index in [0.717, 1.165) is 27.9 Å². The van der Waals surface area contributed by atoms with Crippen LogP contribution in [-0.4, -0.2) is 10.5 Å². The van der Waals surface area contributed by atoms with E-state index in [1.807, 2.05) is 11.4 Å². The Morgan fingerprint density at radius 2 is 1.63 bits per heavy atom. The van der Waals surface area contributed by atoms with Crippen LogP contribution in [0.4, 0.5) is 17.6 Å². The number of amides is 1. The lowest BCUT2D eigenvalue weighted by Gasteiger charge is -2.12. The monoisotopic (exact) mass is 432 g/mol. The van der Waals surface area contributed by atoms with E-state index >= 15 is 0 Å². The average Bonchev–Trinajstić information content (AvgIpc) is 3.30. The van der Waals surface area contributed by atoms with Crippen LogP contribution < -0.4 is 5.32 Å². The smallest absolute Gasteiger partial charge is 0.347 e. The molecule has 4 rings (SSSR count). The predicted molar refractivity (Wildman–Crippen MR) is 108 cm³/mol. The van der Waals surface area contributed by atoms with Gasteiger partial charge in [-0.1, -0.05) is 24.3 Å². The van der Waals surface area contributed by atoms with Gasteiger partial charge in [0, 0.05) is 13.1 Å². The highest BCUT2D eigenvalue weighted by molar-refractivity contribution is 7.17. The van der Waals surface area contributed by atoms with Crippen LogP contribution >= 0.6 is 11.3 Å². The zero-order valence-corrected chi connectivity index (χ0v) is 16.4. The van der Waals surface area contributed by atoms with E-state index < -0.39 is 11.7 Å².